The summed E-state index contributed by atoms with van der Waals surface area (Å²) in [5.41, 5.74) is 7.40. The quantitative estimate of drug-likeness (QED) is 0.149. The van der Waals surface area contributed by atoms with E-state index in [-0.39, 0.29) is 0 Å². The van der Waals surface area contributed by atoms with E-state index in [0.717, 1.165) is 0 Å². The summed E-state index contributed by atoms with van der Waals surface area (Å²) in [6, 6.07) is -1.69. The van der Waals surface area contributed by atoms with E-state index >= 15 is 0 Å². The lowest BCUT2D eigenvalue weighted by atomic mass is 10.2. The van der Waals surface area contributed by atoms with Gasteiger partial charge in [-0.3, -0.25) is 10.8 Å². The maximum absolute atomic E-state index is 11.6. The van der Waals surface area contributed by atoms with Crippen LogP contribution in [0.3, 0.4) is 0 Å². The van der Waals surface area contributed by atoms with E-state index < -0.39 is 59.5 Å². The van der Waals surface area contributed by atoms with Gasteiger partial charge in [-0.05, 0) is 13.8 Å². The Labute approximate surface area is 137 Å². The molecule has 0 bridgehead atoms. The third-order valence-corrected chi connectivity index (χ3v) is 3.53. The fraction of sp³-hybridized carbons (Fsp3) is 0.667. The summed E-state index contributed by atoms with van der Waals surface area (Å²) < 4.78 is 9.67. The molecule has 0 aromatic carbocycles. The van der Waals surface area contributed by atoms with Crippen molar-refractivity contribution >= 4 is 35.1 Å². The van der Waals surface area contributed by atoms with Crippen molar-refractivity contribution in [3.05, 3.63) is 0 Å². The normalized spacial score (nSPS) is 15.9. The largest absolute Gasteiger partial charge is 0.444 e. The molecule has 0 amide bonds. The summed E-state index contributed by atoms with van der Waals surface area (Å²) in [5.74, 6) is -2.06. The predicted molar refractivity (Wildman–Crippen MR) is 84.3 cm³/mol. The number of hydrogen-bond acceptors (Lipinski definition) is 11. The second-order valence-electron chi connectivity index (χ2n) is 4.58. The minimum Gasteiger partial charge on any atom is -0.444 e. The lowest BCUT2D eigenvalue weighted by Crippen LogP contribution is -2.38. The Balaban J connectivity index is 4.69. The molecule has 0 saturated heterocycles. The van der Waals surface area contributed by atoms with E-state index in [9.17, 15) is 19.8 Å². The number of rotatable bonds is 10. The smallest absolute Gasteiger partial charge is 0.354 e. The highest BCUT2D eigenvalue weighted by Crippen LogP contribution is 2.20. The minimum absolute atomic E-state index is 0.486. The maximum atomic E-state index is 11.6. The molecule has 0 fully saturated rings. The molecular weight excluding hydrogens is 328 g/mol. The highest BCUT2D eigenvalue weighted by Gasteiger charge is 2.26. The van der Waals surface area contributed by atoms with Gasteiger partial charge in [0.2, 0.25) is 0 Å². The average molecular weight is 350 g/mol. The fourth-order valence-electron chi connectivity index (χ4n) is 1.12. The zero-order valence-electron chi connectivity index (χ0n) is 12.8. The van der Waals surface area contributed by atoms with E-state index in [0.29, 0.717) is 11.8 Å². The Morgan fingerprint density at radius 2 is 1.26 bits per heavy atom. The van der Waals surface area contributed by atoms with Crippen molar-refractivity contribution in [1.82, 2.24) is 0 Å². The van der Waals surface area contributed by atoms with E-state index in [1.54, 1.807) is 0 Å². The van der Waals surface area contributed by atoms with Gasteiger partial charge in [-0.15, -0.1) is 0 Å². The van der Waals surface area contributed by atoms with Gasteiger partial charge in [0.25, 0.3) is 0 Å². The molecule has 0 aliphatic heterocycles. The van der Waals surface area contributed by atoms with Crippen LogP contribution in [0.5, 0.6) is 0 Å². The lowest BCUT2D eigenvalue weighted by molar-refractivity contribution is -0.139. The zero-order valence-corrected chi connectivity index (χ0v) is 13.6. The van der Waals surface area contributed by atoms with Gasteiger partial charge in [-0.1, -0.05) is 11.8 Å². The number of aliphatic hydroxyl groups is 2. The molecule has 10 nitrogen and oxygen atoms in total. The Morgan fingerprint density at radius 3 is 1.48 bits per heavy atom. The number of carbonyl (C=O) groups excluding carboxylic acids is 2. The molecule has 4 atom stereocenters. The molecule has 0 rings (SSSR count). The predicted octanol–water partition coefficient (Wildman–Crippen LogP) is -1.82. The molecule has 0 spiro atoms. The Hall–Kier alpha value is -1.53. The van der Waals surface area contributed by atoms with Crippen molar-refractivity contribution < 1.29 is 29.3 Å². The molecule has 4 unspecified atom stereocenters. The first kappa shape index (κ1) is 21.5. The molecule has 11 heteroatoms. The van der Waals surface area contributed by atoms with Crippen LogP contribution in [-0.2, 0) is 19.1 Å². The summed E-state index contributed by atoms with van der Waals surface area (Å²) in [6.45, 7) is 1.56. The number of hydrogen-bond donors (Lipinski definition) is 6. The number of carbonyl (C=O) groups is 2. The van der Waals surface area contributed by atoms with Crippen LogP contribution in [0.15, 0.2) is 0 Å². The first-order valence-corrected chi connectivity index (χ1v) is 7.55. The number of thioether (sulfide) groups is 1. The molecule has 132 valence electrons. The third-order valence-electron chi connectivity index (χ3n) is 2.43. The summed E-state index contributed by atoms with van der Waals surface area (Å²) in [5, 5.41) is 33.2. The van der Waals surface area contributed by atoms with Crippen LogP contribution < -0.4 is 11.5 Å². The van der Waals surface area contributed by atoms with Gasteiger partial charge in [0.1, 0.15) is 11.4 Å². The van der Waals surface area contributed by atoms with Crippen molar-refractivity contribution in [2.45, 2.75) is 36.8 Å². The van der Waals surface area contributed by atoms with Gasteiger partial charge in [0, 0.05) is 0 Å². The van der Waals surface area contributed by atoms with Gasteiger partial charge in [0.05, 0.1) is 25.3 Å². The number of esters is 2. The Morgan fingerprint density at radius 1 is 0.957 bits per heavy atom. The molecule has 0 aromatic rings. The number of nitrogens with one attached hydrogen (secondary N) is 2. The highest BCUT2D eigenvalue weighted by atomic mass is 32.2. The molecule has 0 aliphatic carbocycles. The van der Waals surface area contributed by atoms with Crippen LogP contribution in [-0.4, -0.2) is 69.7 Å². The average Bonchev–Trinajstić information content (AvgIpc) is 2.50. The molecule has 0 aromatic heterocycles. The van der Waals surface area contributed by atoms with E-state index in [4.69, 9.17) is 31.8 Å². The van der Waals surface area contributed by atoms with Crippen molar-refractivity contribution in [3.63, 3.8) is 0 Å². The topological polar surface area (TPSA) is 193 Å². The van der Waals surface area contributed by atoms with Gasteiger partial charge in [0.15, 0.2) is 10.9 Å². The van der Waals surface area contributed by atoms with E-state index in [1.165, 1.54) is 13.8 Å². The van der Waals surface area contributed by atoms with Gasteiger partial charge >= 0.3 is 11.9 Å². The summed E-state index contributed by atoms with van der Waals surface area (Å²) in [4.78, 5) is 23.1. The second kappa shape index (κ2) is 10.3. The van der Waals surface area contributed by atoms with E-state index in [2.05, 4.69) is 0 Å². The Bertz CT molecular complexity index is 417. The minimum atomic E-state index is -1.18. The monoisotopic (exact) mass is 350 g/mol. The summed E-state index contributed by atoms with van der Waals surface area (Å²) in [7, 11) is 0. The van der Waals surface area contributed by atoms with Crippen molar-refractivity contribution in [3.8, 4) is 0 Å². The molecule has 0 heterocycles. The Kier molecular flexibility index (Phi) is 9.60. The second-order valence-corrected chi connectivity index (χ2v) is 5.90. The van der Waals surface area contributed by atoms with E-state index in [1.807, 2.05) is 0 Å². The van der Waals surface area contributed by atoms with Crippen LogP contribution in [0.25, 0.3) is 0 Å². The SMILES string of the molecule is CC(N)C(=N)C(=O)OC(CO)SC(CO)OC(=O)C(=N)C(C)N. The lowest BCUT2D eigenvalue weighted by Gasteiger charge is -2.21. The third kappa shape index (κ3) is 7.52. The first-order valence-electron chi connectivity index (χ1n) is 6.61. The van der Waals surface area contributed by atoms with Gasteiger partial charge < -0.3 is 31.2 Å². The van der Waals surface area contributed by atoms with Gasteiger partial charge in [-0.25, -0.2) is 9.59 Å². The number of aliphatic hydroxyl groups excluding tert-OH is 2. The van der Waals surface area contributed by atoms with Crippen LogP contribution in [0.2, 0.25) is 0 Å². The molecule has 23 heavy (non-hydrogen) atoms. The zero-order chi connectivity index (χ0) is 18.2. The molecule has 0 radical (unpaired) electrons. The summed E-state index contributed by atoms with van der Waals surface area (Å²) in [6.07, 6.45) is 0. The van der Waals surface area contributed by atoms with Crippen LogP contribution in [0.4, 0.5) is 0 Å². The van der Waals surface area contributed by atoms with Crippen LogP contribution >= 0.6 is 11.8 Å². The van der Waals surface area contributed by atoms with Crippen LogP contribution in [0.1, 0.15) is 13.8 Å². The maximum Gasteiger partial charge on any atom is 0.354 e. The van der Waals surface area contributed by atoms with Crippen molar-refractivity contribution in [2.24, 2.45) is 11.5 Å². The van der Waals surface area contributed by atoms with Crippen molar-refractivity contribution in [1.29, 1.82) is 10.8 Å². The molecular formula is C12H22N4O6S. The highest BCUT2D eigenvalue weighted by molar-refractivity contribution is 8.00. The summed E-state index contributed by atoms with van der Waals surface area (Å²) >= 11 is 0.644. The standard InChI is InChI=1S/C12H22N4O6S/c1-5(13)9(15)11(19)21-7(3-17)23-8(4-18)22-12(20)10(16)6(2)14/h5-8,15-18H,3-4,13-14H2,1-2H3. The molecule has 8 N–H and O–H groups in total. The molecule has 0 aliphatic rings. The van der Waals surface area contributed by atoms with Gasteiger partial charge in [-0.2, -0.15) is 0 Å². The van der Waals surface area contributed by atoms with Crippen LogP contribution in [0, 0.1) is 10.8 Å². The van der Waals surface area contributed by atoms with Crippen molar-refractivity contribution in [2.75, 3.05) is 13.2 Å². The number of nitrogens with two attached hydrogens (primary N) is 2. The number of ether oxygens (including phenoxy) is 2. The molecule has 0 saturated carbocycles. The first-order chi connectivity index (χ1) is 10.6. The fourth-order valence-corrected chi connectivity index (χ4v) is 1.92.